The van der Waals surface area contributed by atoms with Crippen molar-refractivity contribution in [1.82, 2.24) is 0 Å². The second-order valence-corrected chi connectivity index (χ2v) is 4.09. The van der Waals surface area contributed by atoms with Crippen LogP contribution in [-0.4, -0.2) is 6.54 Å². The van der Waals surface area contributed by atoms with Crippen LogP contribution in [0.1, 0.15) is 23.6 Å². The Hall–Kier alpha value is -0.890. The second kappa shape index (κ2) is 4.56. The minimum absolute atomic E-state index is 0.0946. The van der Waals surface area contributed by atoms with Crippen LogP contribution in [0.4, 0.5) is 4.39 Å². The van der Waals surface area contributed by atoms with Crippen LogP contribution < -0.4 is 5.73 Å². The van der Waals surface area contributed by atoms with Crippen molar-refractivity contribution in [1.29, 1.82) is 0 Å². The van der Waals surface area contributed by atoms with Gasteiger partial charge in [0, 0.05) is 0 Å². The maximum atomic E-state index is 13.6. The van der Waals surface area contributed by atoms with Crippen LogP contribution in [0.25, 0.3) is 0 Å². The van der Waals surface area contributed by atoms with E-state index in [1.165, 1.54) is 0 Å². The third-order valence-corrected chi connectivity index (χ3v) is 2.52. The first-order chi connectivity index (χ1) is 6.54. The predicted octanol–water partition coefficient (Wildman–Crippen LogP) is 2.58. The molecule has 0 aliphatic heterocycles. The third kappa shape index (κ3) is 2.55. The van der Waals surface area contributed by atoms with E-state index >= 15 is 0 Å². The minimum Gasteiger partial charge on any atom is -0.330 e. The molecule has 0 heterocycles. The number of aryl methyl sites for hydroxylation is 2. The van der Waals surface area contributed by atoms with Crippen LogP contribution in [0, 0.1) is 25.6 Å². The molecule has 1 atom stereocenters. The number of benzene rings is 1. The van der Waals surface area contributed by atoms with Gasteiger partial charge in [-0.1, -0.05) is 13.0 Å². The molecule has 0 aliphatic rings. The summed E-state index contributed by atoms with van der Waals surface area (Å²) < 4.78 is 13.6. The van der Waals surface area contributed by atoms with Gasteiger partial charge in [0.25, 0.3) is 0 Å². The molecular weight excluding hydrogens is 177 g/mol. The monoisotopic (exact) mass is 195 g/mol. The van der Waals surface area contributed by atoms with Gasteiger partial charge in [-0.3, -0.25) is 0 Å². The number of halogens is 1. The normalized spacial score (nSPS) is 12.9. The summed E-state index contributed by atoms with van der Waals surface area (Å²) >= 11 is 0. The average molecular weight is 195 g/mol. The van der Waals surface area contributed by atoms with Gasteiger partial charge in [-0.15, -0.1) is 0 Å². The largest absolute Gasteiger partial charge is 0.330 e. The highest BCUT2D eigenvalue weighted by molar-refractivity contribution is 5.32. The van der Waals surface area contributed by atoms with E-state index in [4.69, 9.17) is 5.73 Å². The van der Waals surface area contributed by atoms with Gasteiger partial charge in [0.2, 0.25) is 0 Å². The molecule has 2 N–H and O–H groups in total. The summed E-state index contributed by atoms with van der Waals surface area (Å²) in [4.78, 5) is 0. The lowest BCUT2D eigenvalue weighted by Crippen LogP contribution is -2.14. The molecule has 0 spiro atoms. The maximum absolute atomic E-state index is 13.6. The van der Waals surface area contributed by atoms with Crippen LogP contribution in [0.2, 0.25) is 0 Å². The molecule has 14 heavy (non-hydrogen) atoms. The molecule has 1 unspecified atom stereocenters. The average Bonchev–Trinajstić information content (AvgIpc) is 2.10. The highest BCUT2D eigenvalue weighted by Gasteiger charge is 2.09. The van der Waals surface area contributed by atoms with Crippen LogP contribution in [0.15, 0.2) is 12.1 Å². The molecule has 0 amide bonds. The molecule has 0 radical (unpaired) electrons. The Labute approximate surface area is 85.1 Å². The number of hydrogen-bond acceptors (Lipinski definition) is 1. The molecule has 78 valence electrons. The van der Waals surface area contributed by atoms with Gasteiger partial charge >= 0.3 is 0 Å². The Balaban J connectivity index is 2.96. The smallest absolute Gasteiger partial charge is 0.126 e. The van der Waals surface area contributed by atoms with Crippen LogP contribution in [-0.2, 0) is 6.42 Å². The fourth-order valence-electron chi connectivity index (χ4n) is 1.64. The summed E-state index contributed by atoms with van der Waals surface area (Å²) in [5.41, 5.74) is 8.35. The molecule has 0 bridgehead atoms. The minimum atomic E-state index is -0.0946. The number of rotatable bonds is 3. The summed E-state index contributed by atoms with van der Waals surface area (Å²) in [6, 6.07) is 3.60. The quantitative estimate of drug-likeness (QED) is 0.788. The first kappa shape index (κ1) is 11.2. The summed E-state index contributed by atoms with van der Waals surface area (Å²) in [5.74, 6) is 0.244. The third-order valence-electron chi connectivity index (χ3n) is 2.52. The lowest BCUT2D eigenvalue weighted by atomic mass is 9.96. The lowest BCUT2D eigenvalue weighted by molar-refractivity contribution is 0.549. The van der Waals surface area contributed by atoms with Gasteiger partial charge < -0.3 is 5.73 Å². The second-order valence-electron chi connectivity index (χ2n) is 4.09. The van der Waals surface area contributed by atoms with Crippen molar-refractivity contribution in [2.45, 2.75) is 27.2 Å². The fourth-order valence-corrected chi connectivity index (χ4v) is 1.64. The van der Waals surface area contributed by atoms with E-state index in [2.05, 4.69) is 0 Å². The van der Waals surface area contributed by atoms with E-state index in [1.54, 1.807) is 6.07 Å². The van der Waals surface area contributed by atoms with Gasteiger partial charge in [-0.05, 0) is 55.5 Å². The van der Waals surface area contributed by atoms with E-state index in [0.29, 0.717) is 12.5 Å². The van der Waals surface area contributed by atoms with Gasteiger partial charge in [0.15, 0.2) is 0 Å². The summed E-state index contributed by atoms with van der Waals surface area (Å²) in [6.07, 6.45) is 0.731. The molecule has 1 rings (SSSR count). The molecule has 0 aromatic heterocycles. The van der Waals surface area contributed by atoms with E-state index in [1.807, 2.05) is 26.8 Å². The van der Waals surface area contributed by atoms with Crippen LogP contribution in [0.3, 0.4) is 0 Å². The summed E-state index contributed by atoms with van der Waals surface area (Å²) in [6.45, 7) is 6.51. The van der Waals surface area contributed by atoms with Crippen molar-refractivity contribution in [2.24, 2.45) is 11.7 Å². The van der Waals surface area contributed by atoms with E-state index in [0.717, 1.165) is 23.1 Å². The SMILES string of the molecule is Cc1cc(C)c(CC(C)CN)c(F)c1. The molecule has 1 nitrogen and oxygen atoms in total. The van der Waals surface area contributed by atoms with Gasteiger partial charge in [-0.25, -0.2) is 4.39 Å². The van der Waals surface area contributed by atoms with E-state index in [-0.39, 0.29) is 5.82 Å². The lowest BCUT2D eigenvalue weighted by Gasteiger charge is -2.12. The Morgan fingerprint density at radius 2 is 2.00 bits per heavy atom. The highest BCUT2D eigenvalue weighted by atomic mass is 19.1. The molecule has 0 saturated carbocycles. The first-order valence-electron chi connectivity index (χ1n) is 5.00. The zero-order valence-corrected chi connectivity index (χ0v) is 9.10. The zero-order valence-electron chi connectivity index (χ0n) is 9.10. The molecular formula is C12H18FN. The Morgan fingerprint density at radius 1 is 1.36 bits per heavy atom. The van der Waals surface area contributed by atoms with E-state index < -0.39 is 0 Å². The van der Waals surface area contributed by atoms with Gasteiger partial charge in [0.1, 0.15) is 5.82 Å². The standard InChI is InChI=1S/C12H18FN/c1-8-4-10(3)11(12(13)6-8)5-9(2)7-14/h4,6,9H,5,7,14H2,1-3H3. The van der Waals surface area contributed by atoms with Crippen molar-refractivity contribution < 1.29 is 4.39 Å². The van der Waals surface area contributed by atoms with Gasteiger partial charge in [-0.2, -0.15) is 0 Å². The molecule has 1 aromatic rings. The molecule has 0 aliphatic carbocycles. The summed E-state index contributed by atoms with van der Waals surface area (Å²) in [7, 11) is 0. The van der Waals surface area contributed by atoms with E-state index in [9.17, 15) is 4.39 Å². The molecule has 2 heteroatoms. The number of hydrogen-bond donors (Lipinski definition) is 1. The van der Waals surface area contributed by atoms with Crippen molar-refractivity contribution in [3.8, 4) is 0 Å². The first-order valence-corrected chi connectivity index (χ1v) is 5.00. The van der Waals surface area contributed by atoms with Crippen molar-refractivity contribution >= 4 is 0 Å². The van der Waals surface area contributed by atoms with Crippen molar-refractivity contribution in [2.75, 3.05) is 6.54 Å². The molecule has 0 fully saturated rings. The molecule has 0 saturated heterocycles. The van der Waals surface area contributed by atoms with Crippen LogP contribution >= 0.6 is 0 Å². The van der Waals surface area contributed by atoms with Crippen molar-refractivity contribution in [3.05, 3.63) is 34.6 Å². The van der Waals surface area contributed by atoms with Crippen LogP contribution in [0.5, 0.6) is 0 Å². The predicted molar refractivity (Wildman–Crippen MR) is 57.8 cm³/mol. The Bertz CT molecular complexity index is 297. The fraction of sp³-hybridized carbons (Fsp3) is 0.500. The Morgan fingerprint density at radius 3 is 2.50 bits per heavy atom. The topological polar surface area (TPSA) is 26.0 Å². The maximum Gasteiger partial charge on any atom is 0.126 e. The number of nitrogens with two attached hydrogens (primary N) is 1. The zero-order chi connectivity index (χ0) is 10.7. The molecule has 1 aromatic carbocycles. The van der Waals surface area contributed by atoms with Gasteiger partial charge in [0.05, 0.1) is 0 Å². The highest BCUT2D eigenvalue weighted by Crippen LogP contribution is 2.18. The summed E-state index contributed by atoms with van der Waals surface area (Å²) in [5, 5.41) is 0. The Kier molecular flexibility index (Phi) is 3.64. The van der Waals surface area contributed by atoms with Crippen molar-refractivity contribution in [3.63, 3.8) is 0 Å².